The predicted octanol–water partition coefficient (Wildman–Crippen LogP) is 3.46. The van der Waals surface area contributed by atoms with E-state index < -0.39 is 0 Å². The Hall–Kier alpha value is -1.61. The highest BCUT2D eigenvalue weighted by atomic mass is 15.2. The van der Waals surface area contributed by atoms with Crippen LogP contribution in [0.4, 0.5) is 5.69 Å². The molecule has 0 spiro atoms. The molecule has 2 fully saturated rings. The van der Waals surface area contributed by atoms with Crippen LogP contribution in [0.5, 0.6) is 0 Å². The van der Waals surface area contributed by atoms with E-state index in [0.29, 0.717) is 6.54 Å². The maximum absolute atomic E-state index is 5.87. The quantitative estimate of drug-likeness (QED) is 0.916. The highest BCUT2D eigenvalue weighted by Crippen LogP contribution is 2.41. The molecule has 1 saturated carbocycles. The van der Waals surface area contributed by atoms with E-state index in [1.165, 1.54) is 49.7 Å². The molecule has 1 aliphatic heterocycles. The van der Waals surface area contributed by atoms with Gasteiger partial charge in [-0.05, 0) is 43.7 Å². The van der Waals surface area contributed by atoms with Crippen molar-refractivity contribution in [1.29, 1.82) is 0 Å². The average Bonchev–Trinajstić information content (AvgIpc) is 3.02. The monoisotopic (exact) mass is 281 g/mol. The van der Waals surface area contributed by atoms with E-state index in [2.05, 4.69) is 40.2 Å². The zero-order valence-corrected chi connectivity index (χ0v) is 12.5. The van der Waals surface area contributed by atoms with Gasteiger partial charge in [-0.3, -0.25) is 4.98 Å². The van der Waals surface area contributed by atoms with Crippen molar-refractivity contribution in [3.63, 3.8) is 0 Å². The zero-order valence-electron chi connectivity index (χ0n) is 12.5. The molecule has 1 aromatic heterocycles. The first-order chi connectivity index (χ1) is 10.4. The smallest absolute Gasteiger partial charge is 0.0726 e. The Balaban J connectivity index is 1.84. The molecule has 1 saturated heterocycles. The summed E-state index contributed by atoms with van der Waals surface area (Å²) in [5.74, 6) is 0.895. The molecule has 4 rings (SSSR count). The molecule has 0 bridgehead atoms. The fraction of sp³-hybridized carbons (Fsp3) is 0.500. The molecule has 2 N–H and O–H groups in total. The maximum Gasteiger partial charge on any atom is 0.0726 e. The van der Waals surface area contributed by atoms with Crippen LogP contribution in [0.25, 0.3) is 10.9 Å². The molecule has 0 radical (unpaired) electrons. The second-order valence-electron chi connectivity index (χ2n) is 6.45. The van der Waals surface area contributed by atoms with E-state index in [1.807, 2.05) is 0 Å². The van der Waals surface area contributed by atoms with Crippen molar-refractivity contribution in [2.24, 2.45) is 11.7 Å². The maximum atomic E-state index is 5.87. The molecule has 1 aliphatic carbocycles. The van der Waals surface area contributed by atoms with Crippen molar-refractivity contribution in [2.45, 2.75) is 44.7 Å². The SMILES string of the molecule is NCc1cc(N2CCCC3CCCC32)c2ccccc2n1. The minimum absolute atomic E-state index is 0.514. The largest absolute Gasteiger partial charge is 0.368 e. The van der Waals surface area contributed by atoms with Gasteiger partial charge in [0.05, 0.1) is 11.2 Å². The van der Waals surface area contributed by atoms with Crippen LogP contribution in [0.15, 0.2) is 30.3 Å². The Labute approximate surface area is 126 Å². The molecule has 3 heteroatoms. The normalized spacial score (nSPS) is 25.3. The van der Waals surface area contributed by atoms with E-state index >= 15 is 0 Å². The summed E-state index contributed by atoms with van der Waals surface area (Å²) in [6, 6.07) is 11.4. The summed E-state index contributed by atoms with van der Waals surface area (Å²) < 4.78 is 0. The van der Waals surface area contributed by atoms with Gasteiger partial charge in [-0.2, -0.15) is 0 Å². The number of nitrogens with zero attached hydrogens (tertiary/aromatic N) is 2. The number of piperidine rings is 1. The van der Waals surface area contributed by atoms with Gasteiger partial charge in [-0.25, -0.2) is 0 Å². The van der Waals surface area contributed by atoms with Crippen LogP contribution in [-0.4, -0.2) is 17.6 Å². The van der Waals surface area contributed by atoms with Gasteiger partial charge in [-0.1, -0.05) is 24.6 Å². The van der Waals surface area contributed by atoms with Gasteiger partial charge in [0.15, 0.2) is 0 Å². The first-order valence-electron chi connectivity index (χ1n) is 8.22. The summed E-state index contributed by atoms with van der Waals surface area (Å²) in [4.78, 5) is 7.34. The molecule has 2 aliphatic rings. The van der Waals surface area contributed by atoms with E-state index in [9.17, 15) is 0 Å². The van der Waals surface area contributed by atoms with Crippen molar-refractivity contribution >= 4 is 16.6 Å². The minimum Gasteiger partial charge on any atom is -0.368 e. The summed E-state index contributed by atoms with van der Waals surface area (Å²) in [5.41, 5.74) is 9.31. The van der Waals surface area contributed by atoms with E-state index in [1.54, 1.807) is 0 Å². The Morgan fingerprint density at radius 1 is 1.14 bits per heavy atom. The van der Waals surface area contributed by atoms with E-state index in [4.69, 9.17) is 5.73 Å². The fourth-order valence-electron chi connectivity index (χ4n) is 4.31. The Bertz CT molecular complexity index is 652. The van der Waals surface area contributed by atoms with E-state index in [0.717, 1.165) is 23.2 Å². The first kappa shape index (κ1) is 13.1. The number of anilines is 1. The number of benzene rings is 1. The molecular weight excluding hydrogens is 258 g/mol. The van der Waals surface area contributed by atoms with Gasteiger partial charge in [-0.15, -0.1) is 0 Å². The summed E-state index contributed by atoms with van der Waals surface area (Å²) in [5, 5.41) is 1.28. The zero-order chi connectivity index (χ0) is 14.2. The summed E-state index contributed by atoms with van der Waals surface area (Å²) >= 11 is 0. The van der Waals surface area contributed by atoms with Crippen molar-refractivity contribution in [3.05, 3.63) is 36.0 Å². The molecule has 2 unspecified atom stereocenters. The van der Waals surface area contributed by atoms with Crippen LogP contribution < -0.4 is 10.6 Å². The van der Waals surface area contributed by atoms with Crippen LogP contribution in [0, 0.1) is 5.92 Å². The number of para-hydroxylation sites is 1. The number of hydrogen-bond donors (Lipinski definition) is 1. The lowest BCUT2D eigenvalue weighted by Crippen LogP contribution is -2.42. The van der Waals surface area contributed by atoms with Crippen molar-refractivity contribution < 1.29 is 0 Å². The van der Waals surface area contributed by atoms with Crippen molar-refractivity contribution in [2.75, 3.05) is 11.4 Å². The Kier molecular flexibility index (Phi) is 3.30. The second kappa shape index (κ2) is 5.30. The van der Waals surface area contributed by atoms with Gasteiger partial charge in [0.1, 0.15) is 0 Å². The molecule has 1 aromatic carbocycles. The molecule has 0 amide bonds. The lowest BCUT2D eigenvalue weighted by molar-refractivity contribution is 0.363. The summed E-state index contributed by atoms with van der Waals surface area (Å²) in [7, 11) is 0. The van der Waals surface area contributed by atoms with Gasteiger partial charge < -0.3 is 10.6 Å². The van der Waals surface area contributed by atoms with E-state index in [-0.39, 0.29) is 0 Å². The predicted molar refractivity (Wildman–Crippen MR) is 87.3 cm³/mol. The first-order valence-corrected chi connectivity index (χ1v) is 8.22. The Morgan fingerprint density at radius 2 is 2.00 bits per heavy atom. The van der Waals surface area contributed by atoms with Gasteiger partial charge in [0.25, 0.3) is 0 Å². The molecule has 3 nitrogen and oxygen atoms in total. The molecule has 2 heterocycles. The van der Waals surface area contributed by atoms with Crippen LogP contribution in [0.3, 0.4) is 0 Å². The second-order valence-corrected chi connectivity index (χ2v) is 6.45. The van der Waals surface area contributed by atoms with Crippen LogP contribution in [0.1, 0.15) is 37.8 Å². The lowest BCUT2D eigenvalue weighted by Gasteiger charge is -2.40. The third-order valence-electron chi connectivity index (χ3n) is 5.26. The standard InChI is InChI=1S/C18H23N3/c19-12-14-11-18(15-7-1-2-8-16(15)20-14)21-10-4-6-13-5-3-9-17(13)21/h1-2,7-8,11,13,17H,3-6,9-10,12,19H2. The minimum atomic E-state index is 0.514. The average molecular weight is 281 g/mol. The van der Waals surface area contributed by atoms with Gasteiger partial charge in [0.2, 0.25) is 0 Å². The van der Waals surface area contributed by atoms with Gasteiger partial charge >= 0.3 is 0 Å². The summed E-state index contributed by atoms with van der Waals surface area (Å²) in [6.45, 7) is 1.69. The highest BCUT2D eigenvalue weighted by molar-refractivity contribution is 5.92. The van der Waals surface area contributed by atoms with Crippen LogP contribution in [-0.2, 0) is 6.54 Å². The third kappa shape index (κ3) is 2.20. The van der Waals surface area contributed by atoms with Crippen LogP contribution in [0.2, 0.25) is 0 Å². The number of pyridine rings is 1. The molecule has 110 valence electrons. The number of aromatic nitrogens is 1. The fourth-order valence-corrected chi connectivity index (χ4v) is 4.31. The molecule has 21 heavy (non-hydrogen) atoms. The molecule has 2 atom stereocenters. The summed E-state index contributed by atoms with van der Waals surface area (Å²) in [6.07, 6.45) is 6.87. The topological polar surface area (TPSA) is 42.1 Å². The highest BCUT2D eigenvalue weighted by Gasteiger charge is 2.35. The lowest BCUT2D eigenvalue weighted by atomic mass is 9.91. The number of fused-ring (bicyclic) bond motifs is 2. The number of rotatable bonds is 2. The van der Waals surface area contributed by atoms with Crippen LogP contribution >= 0.6 is 0 Å². The number of nitrogens with two attached hydrogens (primary N) is 1. The number of hydrogen-bond acceptors (Lipinski definition) is 3. The van der Waals surface area contributed by atoms with Crippen molar-refractivity contribution in [3.8, 4) is 0 Å². The Morgan fingerprint density at radius 3 is 2.90 bits per heavy atom. The van der Waals surface area contributed by atoms with Gasteiger partial charge in [0, 0.05) is 30.2 Å². The third-order valence-corrected chi connectivity index (χ3v) is 5.26. The molecular formula is C18H23N3. The van der Waals surface area contributed by atoms with Crippen molar-refractivity contribution in [1.82, 2.24) is 4.98 Å². The molecule has 2 aromatic rings.